The van der Waals surface area contributed by atoms with Gasteiger partial charge in [0.2, 0.25) is 0 Å². The summed E-state index contributed by atoms with van der Waals surface area (Å²) in [7, 11) is 0. The highest BCUT2D eigenvalue weighted by Crippen LogP contribution is 2.31. The third-order valence-corrected chi connectivity index (χ3v) is 4.38. The number of nitrogens with one attached hydrogen (secondary N) is 1. The molecule has 1 saturated carbocycles. The van der Waals surface area contributed by atoms with Crippen LogP contribution in [0.3, 0.4) is 0 Å². The minimum absolute atomic E-state index is 0.0440. The van der Waals surface area contributed by atoms with Crippen LogP contribution in [0.1, 0.15) is 55.3 Å². The average molecular weight is 287 g/mol. The Bertz CT molecular complexity index is 545. The molecule has 1 fully saturated rings. The van der Waals surface area contributed by atoms with Crippen molar-refractivity contribution in [1.29, 1.82) is 0 Å². The highest BCUT2D eigenvalue weighted by atomic mass is 16.5. The summed E-state index contributed by atoms with van der Waals surface area (Å²) in [6, 6.07) is 5.32. The Labute approximate surface area is 124 Å². The van der Waals surface area contributed by atoms with Crippen LogP contribution < -0.4 is 10.1 Å². The van der Waals surface area contributed by atoms with Gasteiger partial charge in [-0.3, -0.25) is 9.59 Å². The van der Waals surface area contributed by atoms with Crippen molar-refractivity contribution < 1.29 is 14.3 Å². The highest BCUT2D eigenvalue weighted by molar-refractivity contribution is 6.00. The SMILES string of the molecule is O=C1COc2ccc(C(=O)CC3CCCCCC3)cc2N1. The third-order valence-electron chi connectivity index (χ3n) is 4.38. The maximum absolute atomic E-state index is 12.4. The van der Waals surface area contributed by atoms with Gasteiger partial charge >= 0.3 is 0 Å². The molecular weight excluding hydrogens is 266 g/mol. The van der Waals surface area contributed by atoms with E-state index in [0.717, 1.165) is 12.8 Å². The van der Waals surface area contributed by atoms with E-state index in [1.807, 2.05) is 0 Å². The summed E-state index contributed by atoms with van der Waals surface area (Å²) in [6.07, 6.45) is 8.03. The van der Waals surface area contributed by atoms with E-state index in [-0.39, 0.29) is 18.3 Å². The number of Topliss-reactive ketones (excluding diaryl/α,β-unsaturated/α-hetero) is 1. The van der Waals surface area contributed by atoms with Crippen LogP contribution in [0.5, 0.6) is 5.75 Å². The van der Waals surface area contributed by atoms with Gasteiger partial charge in [-0.15, -0.1) is 0 Å². The fourth-order valence-electron chi connectivity index (χ4n) is 3.20. The highest BCUT2D eigenvalue weighted by Gasteiger charge is 2.20. The Morgan fingerprint density at radius 3 is 2.71 bits per heavy atom. The van der Waals surface area contributed by atoms with E-state index in [0.29, 0.717) is 29.3 Å². The van der Waals surface area contributed by atoms with E-state index in [9.17, 15) is 9.59 Å². The number of hydrogen-bond donors (Lipinski definition) is 1. The van der Waals surface area contributed by atoms with Crippen molar-refractivity contribution >= 4 is 17.4 Å². The van der Waals surface area contributed by atoms with Crippen LogP contribution in [0.4, 0.5) is 5.69 Å². The summed E-state index contributed by atoms with van der Waals surface area (Å²) in [5.74, 6) is 1.16. The molecular formula is C17H21NO3. The van der Waals surface area contributed by atoms with Gasteiger partial charge in [0.05, 0.1) is 5.69 Å². The molecule has 0 aromatic heterocycles. The second kappa shape index (κ2) is 6.29. The molecule has 112 valence electrons. The Kier molecular flexibility index (Phi) is 4.23. The van der Waals surface area contributed by atoms with Crippen LogP contribution in [0.2, 0.25) is 0 Å². The zero-order valence-corrected chi connectivity index (χ0v) is 12.2. The molecule has 3 rings (SSSR count). The lowest BCUT2D eigenvalue weighted by molar-refractivity contribution is -0.118. The number of ether oxygens (including phenoxy) is 1. The van der Waals surface area contributed by atoms with Gasteiger partial charge in [0, 0.05) is 12.0 Å². The van der Waals surface area contributed by atoms with E-state index in [1.54, 1.807) is 18.2 Å². The molecule has 0 radical (unpaired) electrons. The van der Waals surface area contributed by atoms with Gasteiger partial charge in [-0.2, -0.15) is 0 Å². The molecule has 1 aromatic rings. The minimum atomic E-state index is -0.170. The summed E-state index contributed by atoms with van der Waals surface area (Å²) < 4.78 is 5.31. The van der Waals surface area contributed by atoms with Gasteiger partial charge in [-0.05, 0) is 24.1 Å². The third kappa shape index (κ3) is 3.43. The summed E-state index contributed by atoms with van der Waals surface area (Å²) in [5.41, 5.74) is 1.28. The van der Waals surface area contributed by atoms with Crippen molar-refractivity contribution in [3.8, 4) is 5.75 Å². The molecule has 1 aromatic carbocycles. The maximum Gasteiger partial charge on any atom is 0.262 e. The molecule has 1 aliphatic heterocycles. The Morgan fingerprint density at radius 2 is 1.95 bits per heavy atom. The predicted molar refractivity (Wildman–Crippen MR) is 80.7 cm³/mol. The van der Waals surface area contributed by atoms with Crippen LogP contribution in [0.15, 0.2) is 18.2 Å². The van der Waals surface area contributed by atoms with Gasteiger partial charge in [-0.1, -0.05) is 38.5 Å². The van der Waals surface area contributed by atoms with Crippen LogP contribution in [0.25, 0.3) is 0 Å². The standard InChI is InChI=1S/C17H21NO3/c19-15(9-12-5-3-1-2-4-6-12)13-7-8-16-14(10-13)18-17(20)11-21-16/h7-8,10,12H,1-6,9,11H2,(H,18,20). The van der Waals surface area contributed by atoms with E-state index in [4.69, 9.17) is 4.74 Å². The maximum atomic E-state index is 12.4. The largest absolute Gasteiger partial charge is 0.482 e. The van der Waals surface area contributed by atoms with Crippen LogP contribution in [0, 0.1) is 5.92 Å². The second-order valence-electron chi connectivity index (χ2n) is 6.03. The van der Waals surface area contributed by atoms with Gasteiger partial charge in [0.1, 0.15) is 5.75 Å². The topological polar surface area (TPSA) is 55.4 Å². The van der Waals surface area contributed by atoms with Gasteiger partial charge in [-0.25, -0.2) is 0 Å². The number of carbonyl (C=O) groups is 2. The van der Waals surface area contributed by atoms with Crippen molar-refractivity contribution in [1.82, 2.24) is 0 Å². The Balaban J connectivity index is 1.69. The van der Waals surface area contributed by atoms with Crippen molar-refractivity contribution in [3.05, 3.63) is 23.8 Å². The van der Waals surface area contributed by atoms with Gasteiger partial charge < -0.3 is 10.1 Å². The van der Waals surface area contributed by atoms with E-state index < -0.39 is 0 Å². The lowest BCUT2D eigenvalue weighted by atomic mass is 9.92. The van der Waals surface area contributed by atoms with Crippen molar-refractivity contribution in [2.45, 2.75) is 44.9 Å². The van der Waals surface area contributed by atoms with Crippen LogP contribution in [-0.2, 0) is 4.79 Å². The zero-order valence-electron chi connectivity index (χ0n) is 12.2. The number of ketones is 1. The molecule has 1 heterocycles. The van der Waals surface area contributed by atoms with E-state index >= 15 is 0 Å². The van der Waals surface area contributed by atoms with Crippen molar-refractivity contribution in [2.24, 2.45) is 5.92 Å². The minimum Gasteiger partial charge on any atom is -0.482 e. The first-order chi connectivity index (χ1) is 10.2. The fourth-order valence-corrected chi connectivity index (χ4v) is 3.20. The van der Waals surface area contributed by atoms with Gasteiger partial charge in [0.25, 0.3) is 5.91 Å². The number of hydrogen-bond acceptors (Lipinski definition) is 3. The quantitative estimate of drug-likeness (QED) is 0.683. The van der Waals surface area contributed by atoms with Crippen molar-refractivity contribution in [3.63, 3.8) is 0 Å². The molecule has 1 amide bonds. The number of anilines is 1. The predicted octanol–water partition coefficient (Wildman–Crippen LogP) is 3.56. The first kappa shape index (κ1) is 14.1. The molecule has 0 bridgehead atoms. The van der Waals surface area contributed by atoms with E-state index in [2.05, 4.69) is 5.32 Å². The molecule has 2 aliphatic rings. The lowest BCUT2D eigenvalue weighted by Gasteiger charge is -2.19. The van der Waals surface area contributed by atoms with E-state index in [1.165, 1.54) is 25.7 Å². The monoisotopic (exact) mass is 287 g/mol. The fraction of sp³-hybridized carbons (Fsp3) is 0.529. The Hall–Kier alpha value is -1.84. The molecule has 0 spiro atoms. The van der Waals surface area contributed by atoms with Crippen LogP contribution in [-0.4, -0.2) is 18.3 Å². The smallest absolute Gasteiger partial charge is 0.262 e. The van der Waals surface area contributed by atoms with Crippen molar-refractivity contribution in [2.75, 3.05) is 11.9 Å². The zero-order chi connectivity index (χ0) is 14.7. The first-order valence-electron chi connectivity index (χ1n) is 7.82. The Morgan fingerprint density at radius 1 is 1.19 bits per heavy atom. The number of carbonyl (C=O) groups excluding carboxylic acids is 2. The number of amides is 1. The molecule has 4 heteroatoms. The molecule has 0 unspecified atom stereocenters. The number of fused-ring (bicyclic) bond motifs is 1. The second-order valence-corrected chi connectivity index (χ2v) is 6.03. The molecule has 1 N–H and O–H groups in total. The van der Waals surface area contributed by atoms with Crippen LogP contribution >= 0.6 is 0 Å². The number of rotatable bonds is 3. The lowest BCUT2D eigenvalue weighted by Crippen LogP contribution is -2.25. The molecule has 4 nitrogen and oxygen atoms in total. The first-order valence-corrected chi connectivity index (χ1v) is 7.82. The molecule has 0 saturated heterocycles. The normalized spacial score (nSPS) is 19.1. The summed E-state index contributed by atoms with van der Waals surface area (Å²) >= 11 is 0. The van der Waals surface area contributed by atoms with Gasteiger partial charge in [0.15, 0.2) is 12.4 Å². The average Bonchev–Trinajstić information content (AvgIpc) is 2.75. The summed E-state index contributed by atoms with van der Waals surface area (Å²) in [6.45, 7) is 0.0440. The molecule has 1 aliphatic carbocycles. The summed E-state index contributed by atoms with van der Waals surface area (Å²) in [5, 5.41) is 2.75. The molecule has 0 atom stereocenters. The number of benzene rings is 1. The summed E-state index contributed by atoms with van der Waals surface area (Å²) in [4.78, 5) is 23.8. The molecule has 21 heavy (non-hydrogen) atoms.